The van der Waals surface area contributed by atoms with Crippen LogP contribution in [0.1, 0.15) is 46.1 Å². The molecule has 0 radical (unpaired) electrons. The molecule has 14 nitrogen and oxygen atoms in total. The summed E-state index contributed by atoms with van der Waals surface area (Å²) in [4.78, 5) is 33.0. The van der Waals surface area contributed by atoms with Crippen molar-refractivity contribution >= 4 is 48.4 Å². The molecule has 0 aliphatic carbocycles. The summed E-state index contributed by atoms with van der Waals surface area (Å²) in [7, 11) is -6.25. The van der Waals surface area contributed by atoms with Crippen LogP contribution >= 0.6 is 0 Å². The standard InChI is InChI=1S/C45H54N6O8S2/c1-7-60(54,55)46-33-13-16-40(38(23-33)39-26-47(6)42(52)41-37(39)19-22-51(41)61(56,57)36-14-11-31(2)12-15-36)58-35-10-8-9-34(24-35)50-29-45(30-50)27-48(28-45)25-32-17-20-49(21-18-32)43(53)59-44(3,4)5/h8-16,19,22-24,26,32,46H,7,17-18,20-21,25,27-30H2,1-6H3. The van der Waals surface area contributed by atoms with Gasteiger partial charge >= 0.3 is 6.09 Å². The first kappa shape index (κ1) is 42.4. The maximum absolute atomic E-state index is 13.9. The lowest BCUT2D eigenvalue weighted by Gasteiger charge is -2.61. The van der Waals surface area contributed by atoms with Crippen molar-refractivity contribution in [3.05, 3.63) is 101 Å². The third-order valence-corrected chi connectivity index (χ3v) is 14.8. The summed E-state index contributed by atoms with van der Waals surface area (Å²) in [5, 5.41) is 0.361. The summed E-state index contributed by atoms with van der Waals surface area (Å²) in [6.07, 6.45) is 4.72. The van der Waals surface area contributed by atoms with E-state index in [1.54, 1.807) is 56.6 Å². The van der Waals surface area contributed by atoms with Gasteiger partial charge in [-0.15, -0.1) is 0 Å². The second kappa shape index (κ2) is 15.9. The Labute approximate surface area is 357 Å². The second-order valence-corrected chi connectivity index (χ2v) is 21.7. The molecular weight excluding hydrogens is 817 g/mol. The van der Waals surface area contributed by atoms with Gasteiger partial charge in [-0.2, -0.15) is 0 Å². The number of likely N-dealkylation sites (tertiary alicyclic amines) is 2. The molecule has 1 amide bonds. The van der Waals surface area contributed by atoms with E-state index < -0.39 is 31.2 Å². The highest BCUT2D eigenvalue weighted by atomic mass is 32.2. The van der Waals surface area contributed by atoms with E-state index in [0.717, 1.165) is 73.9 Å². The number of fused-ring (bicyclic) bond motifs is 1. The zero-order valence-electron chi connectivity index (χ0n) is 35.5. The fraction of sp³-hybridized carbons (Fsp3) is 0.422. The van der Waals surface area contributed by atoms with Crippen LogP contribution in [0.25, 0.3) is 22.0 Å². The van der Waals surface area contributed by atoms with Gasteiger partial charge in [-0.3, -0.25) is 9.52 Å². The van der Waals surface area contributed by atoms with Crippen LogP contribution in [0, 0.1) is 18.3 Å². The molecule has 16 heteroatoms. The highest BCUT2D eigenvalue weighted by Gasteiger charge is 2.52. The van der Waals surface area contributed by atoms with Gasteiger partial charge in [0.1, 0.15) is 22.6 Å². The number of nitrogens with one attached hydrogen (secondary N) is 1. The molecule has 1 N–H and O–H groups in total. The first-order valence-corrected chi connectivity index (χ1v) is 23.8. The maximum atomic E-state index is 13.9. The Balaban J connectivity index is 0.999. The van der Waals surface area contributed by atoms with Crippen molar-refractivity contribution in [2.24, 2.45) is 18.4 Å². The predicted molar refractivity (Wildman–Crippen MR) is 238 cm³/mol. The van der Waals surface area contributed by atoms with Crippen LogP contribution in [-0.2, 0) is 31.8 Å². The smallest absolute Gasteiger partial charge is 0.410 e. The average Bonchev–Trinajstić information content (AvgIpc) is 3.64. The Morgan fingerprint density at radius 1 is 0.902 bits per heavy atom. The van der Waals surface area contributed by atoms with Crippen molar-refractivity contribution < 1.29 is 31.1 Å². The Bertz CT molecular complexity index is 2750. The van der Waals surface area contributed by atoms with Crippen molar-refractivity contribution in [2.75, 3.05) is 61.2 Å². The Kier molecular flexibility index (Phi) is 11.0. The van der Waals surface area contributed by atoms with Gasteiger partial charge < -0.3 is 28.7 Å². The number of hydrogen-bond donors (Lipinski definition) is 1. The van der Waals surface area contributed by atoms with Crippen molar-refractivity contribution in [3.8, 4) is 22.6 Å². The van der Waals surface area contributed by atoms with Gasteiger partial charge in [0, 0.05) is 105 Å². The van der Waals surface area contributed by atoms with Crippen LogP contribution in [0.2, 0.25) is 0 Å². The number of benzene rings is 3. The summed E-state index contributed by atoms with van der Waals surface area (Å²) < 4.78 is 70.3. The molecule has 61 heavy (non-hydrogen) atoms. The van der Waals surface area contributed by atoms with Crippen LogP contribution < -0.4 is 19.9 Å². The van der Waals surface area contributed by atoms with Crippen molar-refractivity contribution in [2.45, 2.75) is 58.0 Å². The van der Waals surface area contributed by atoms with Crippen LogP contribution in [0.15, 0.2) is 94.9 Å². The number of anilines is 2. The number of carbonyl (C=O) groups excluding carboxylic acids is 1. The third kappa shape index (κ3) is 8.75. The molecule has 3 fully saturated rings. The molecule has 3 saturated heterocycles. The number of nitrogens with zero attached hydrogens (tertiary/aromatic N) is 5. The summed E-state index contributed by atoms with van der Waals surface area (Å²) in [5.74, 6) is 1.38. The number of ether oxygens (including phenoxy) is 2. The summed E-state index contributed by atoms with van der Waals surface area (Å²) in [5.41, 5.74) is 2.35. The van der Waals surface area contributed by atoms with Gasteiger partial charge in [0.2, 0.25) is 10.0 Å². The number of sulfonamides is 1. The van der Waals surface area contributed by atoms with Gasteiger partial charge in [-0.05, 0) is 102 Å². The average molecular weight is 871 g/mol. The fourth-order valence-corrected chi connectivity index (χ4v) is 10.7. The Morgan fingerprint density at radius 2 is 1.61 bits per heavy atom. The number of rotatable bonds is 11. The van der Waals surface area contributed by atoms with Gasteiger partial charge in [-0.25, -0.2) is 25.6 Å². The molecule has 1 spiro atoms. The number of pyridine rings is 1. The number of piperidine rings is 1. The van der Waals surface area contributed by atoms with E-state index in [0.29, 0.717) is 39.6 Å². The van der Waals surface area contributed by atoms with E-state index in [4.69, 9.17) is 9.47 Å². The lowest BCUT2D eigenvalue weighted by atomic mass is 9.72. The zero-order chi connectivity index (χ0) is 43.5. The monoisotopic (exact) mass is 870 g/mol. The molecule has 2 aromatic heterocycles. The molecule has 3 aromatic carbocycles. The minimum Gasteiger partial charge on any atom is -0.457 e. The fourth-order valence-electron chi connectivity index (χ4n) is 8.75. The van der Waals surface area contributed by atoms with Gasteiger partial charge in [0.05, 0.1) is 10.6 Å². The molecule has 5 heterocycles. The quantitative estimate of drug-likeness (QED) is 0.149. The summed E-state index contributed by atoms with van der Waals surface area (Å²) in [6.45, 7) is 15.6. The molecule has 5 aromatic rings. The number of amides is 1. The Morgan fingerprint density at radius 3 is 2.28 bits per heavy atom. The molecule has 0 saturated carbocycles. The SMILES string of the molecule is CCS(=O)(=O)Nc1ccc(Oc2cccc(N3CC4(CN(CC5CCN(C(=O)OC(C)(C)C)CC5)C4)C3)c2)c(-c2cn(C)c(=O)c3c2ccn3S(=O)(=O)c2ccc(C)cc2)c1. The topological polar surface area (TPSA) is 152 Å². The van der Waals surface area contributed by atoms with Crippen molar-refractivity contribution in [3.63, 3.8) is 0 Å². The molecular formula is C45H54N6O8S2. The van der Waals surface area contributed by atoms with Crippen molar-refractivity contribution in [1.29, 1.82) is 0 Å². The first-order chi connectivity index (χ1) is 28.8. The van der Waals surface area contributed by atoms with Gasteiger partial charge in [-0.1, -0.05) is 23.8 Å². The molecule has 324 valence electrons. The van der Waals surface area contributed by atoms with E-state index in [-0.39, 0.29) is 27.7 Å². The highest BCUT2D eigenvalue weighted by Crippen LogP contribution is 2.44. The van der Waals surface area contributed by atoms with Crippen LogP contribution in [0.3, 0.4) is 0 Å². The molecule has 0 unspecified atom stereocenters. The number of carbonyl (C=O) groups is 1. The minimum absolute atomic E-state index is 0.0414. The largest absolute Gasteiger partial charge is 0.457 e. The number of aromatic nitrogens is 2. The highest BCUT2D eigenvalue weighted by molar-refractivity contribution is 7.92. The molecule has 3 aliphatic rings. The van der Waals surface area contributed by atoms with Gasteiger partial charge in [0.25, 0.3) is 15.6 Å². The second-order valence-electron chi connectivity index (χ2n) is 17.9. The third-order valence-electron chi connectivity index (χ3n) is 11.9. The Hall–Kier alpha value is -5.32. The van der Waals surface area contributed by atoms with Crippen LogP contribution in [0.4, 0.5) is 16.2 Å². The number of aryl methyl sites for hydroxylation is 2. The van der Waals surface area contributed by atoms with E-state index >= 15 is 0 Å². The summed E-state index contributed by atoms with van der Waals surface area (Å²) >= 11 is 0. The number of hydrogen-bond acceptors (Lipinski definition) is 10. The van der Waals surface area contributed by atoms with Gasteiger partial charge in [0.15, 0.2) is 0 Å². The summed E-state index contributed by atoms with van der Waals surface area (Å²) in [6, 6.07) is 20.8. The maximum Gasteiger partial charge on any atom is 0.410 e. The van der Waals surface area contributed by atoms with E-state index in [1.165, 1.54) is 22.9 Å². The molecule has 0 bridgehead atoms. The molecule has 0 atom stereocenters. The van der Waals surface area contributed by atoms with Crippen molar-refractivity contribution in [1.82, 2.24) is 18.3 Å². The lowest BCUT2D eigenvalue weighted by molar-refractivity contribution is -0.0368. The minimum atomic E-state index is -4.15. The van der Waals surface area contributed by atoms with E-state index in [2.05, 4.69) is 20.6 Å². The first-order valence-electron chi connectivity index (χ1n) is 20.7. The van der Waals surface area contributed by atoms with Crippen LogP contribution in [0.5, 0.6) is 11.5 Å². The molecule has 3 aliphatic heterocycles. The normalized spacial score (nSPS) is 17.3. The molecule has 8 rings (SSSR count). The zero-order valence-corrected chi connectivity index (χ0v) is 37.2. The van der Waals surface area contributed by atoms with Crippen LogP contribution in [-0.4, -0.2) is 98.4 Å². The lowest BCUT2D eigenvalue weighted by Crippen LogP contribution is -2.72. The predicted octanol–water partition coefficient (Wildman–Crippen LogP) is 6.88. The van der Waals surface area contributed by atoms with E-state index in [1.807, 2.05) is 50.8 Å². The van der Waals surface area contributed by atoms with E-state index in [9.17, 15) is 26.4 Å².